The quantitative estimate of drug-likeness (QED) is 0.189. The summed E-state index contributed by atoms with van der Waals surface area (Å²) in [5.41, 5.74) is 20.1. The molecule has 14 heteroatoms. The van der Waals surface area contributed by atoms with Crippen LogP contribution in [0.15, 0.2) is 0 Å². The van der Waals surface area contributed by atoms with Gasteiger partial charge < -0.3 is 43.4 Å². The average Bonchev–Trinajstić information content (AvgIpc) is 2.96. The van der Waals surface area contributed by atoms with E-state index < -0.39 is 54.5 Å². The molecule has 31 heavy (non-hydrogen) atoms. The molecular formula is C17H32N4O10. The zero-order valence-electron chi connectivity index (χ0n) is 17.4. The number of nitrogens with two attached hydrogens (primary N) is 4. The van der Waals surface area contributed by atoms with Crippen LogP contribution < -0.4 is 22.9 Å². The van der Waals surface area contributed by atoms with Crippen molar-refractivity contribution in [2.24, 2.45) is 22.9 Å². The first kappa shape index (κ1) is 32.7. The minimum Gasteiger partial charge on any atom is -0.481 e. The first-order valence-corrected chi connectivity index (χ1v) is 9.07. The largest absolute Gasteiger partial charge is 0.481 e. The zero-order chi connectivity index (χ0) is 25.3. The van der Waals surface area contributed by atoms with Crippen LogP contribution in [0.3, 0.4) is 0 Å². The molecule has 1 saturated carbocycles. The van der Waals surface area contributed by atoms with Crippen molar-refractivity contribution in [2.45, 2.75) is 70.1 Å². The maximum Gasteiger partial charge on any atom is 0.321 e. The van der Waals surface area contributed by atoms with E-state index in [2.05, 4.69) is 0 Å². The van der Waals surface area contributed by atoms with Crippen LogP contribution >= 0.6 is 0 Å². The molecule has 0 bridgehead atoms. The molecule has 1 fully saturated rings. The Hall–Kier alpha value is -2.94. The summed E-state index contributed by atoms with van der Waals surface area (Å²) >= 11 is 0. The molecule has 4 atom stereocenters. The lowest BCUT2D eigenvalue weighted by Crippen LogP contribution is -2.32. The van der Waals surface area contributed by atoms with Crippen molar-refractivity contribution >= 4 is 35.4 Å². The number of aliphatic carboxylic acids is 4. The standard InChI is InChI=1S/C5H7NO2.C4H7NO4.2C4H9NO2/c6-4-1-3(7)2-5(4)8;5-2(4(8)9)1-3(6)7;2*1-2-3(5)4(6)7/h4H,1-2,6H2;2H,1,5H2,(H,6,7)(H,8,9);2*3H,2,5H2,1H3,(H,6,7). The Kier molecular flexibility index (Phi) is 18.9. The molecule has 1 aliphatic rings. The van der Waals surface area contributed by atoms with Gasteiger partial charge in [0.15, 0.2) is 5.78 Å². The van der Waals surface area contributed by atoms with Crippen LogP contribution in [-0.2, 0) is 28.8 Å². The fourth-order valence-corrected chi connectivity index (χ4v) is 1.38. The van der Waals surface area contributed by atoms with Gasteiger partial charge in [-0.2, -0.15) is 0 Å². The van der Waals surface area contributed by atoms with Crippen LogP contribution in [0.4, 0.5) is 0 Å². The predicted molar refractivity (Wildman–Crippen MR) is 107 cm³/mol. The van der Waals surface area contributed by atoms with Crippen molar-refractivity contribution < 1.29 is 49.2 Å². The highest BCUT2D eigenvalue weighted by Crippen LogP contribution is 2.07. The lowest BCUT2D eigenvalue weighted by molar-refractivity contribution is -0.144. The third kappa shape index (κ3) is 20.1. The van der Waals surface area contributed by atoms with Gasteiger partial charge in [0.05, 0.1) is 18.9 Å². The second-order valence-corrected chi connectivity index (χ2v) is 6.24. The highest BCUT2D eigenvalue weighted by Gasteiger charge is 2.26. The smallest absolute Gasteiger partial charge is 0.321 e. The Morgan fingerprint density at radius 3 is 1.26 bits per heavy atom. The number of carboxylic acids is 4. The van der Waals surface area contributed by atoms with Gasteiger partial charge in [-0.1, -0.05) is 13.8 Å². The summed E-state index contributed by atoms with van der Waals surface area (Å²) in [6, 6.07) is -3.15. The summed E-state index contributed by atoms with van der Waals surface area (Å²) < 4.78 is 0. The van der Waals surface area contributed by atoms with E-state index in [0.29, 0.717) is 12.8 Å². The van der Waals surface area contributed by atoms with Crippen molar-refractivity contribution in [3.63, 3.8) is 0 Å². The molecule has 0 spiro atoms. The van der Waals surface area contributed by atoms with Gasteiger partial charge in [-0.25, -0.2) is 0 Å². The van der Waals surface area contributed by atoms with Gasteiger partial charge in [-0.15, -0.1) is 0 Å². The third-order valence-electron chi connectivity index (χ3n) is 3.46. The summed E-state index contributed by atoms with van der Waals surface area (Å²) in [7, 11) is 0. The van der Waals surface area contributed by atoms with Crippen LogP contribution in [0.2, 0.25) is 0 Å². The minimum atomic E-state index is -1.29. The van der Waals surface area contributed by atoms with Gasteiger partial charge in [-0.05, 0) is 12.8 Å². The molecule has 1 rings (SSSR count). The number of rotatable bonds is 7. The van der Waals surface area contributed by atoms with Crippen LogP contribution in [0.5, 0.6) is 0 Å². The van der Waals surface area contributed by atoms with Gasteiger partial charge in [-0.3, -0.25) is 28.8 Å². The summed E-state index contributed by atoms with van der Waals surface area (Å²) in [6.07, 6.45) is 0.764. The molecule has 180 valence electrons. The lowest BCUT2D eigenvalue weighted by Gasteiger charge is -1.99. The molecule has 0 aromatic heterocycles. The van der Waals surface area contributed by atoms with E-state index >= 15 is 0 Å². The number of carboxylic acid groups (broad SMARTS) is 4. The van der Waals surface area contributed by atoms with E-state index in [-0.39, 0.29) is 24.4 Å². The number of carbonyl (C=O) groups is 6. The predicted octanol–water partition coefficient (Wildman–Crippen LogP) is -2.26. The van der Waals surface area contributed by atoms with Crippen molar-refractivity contribution in [2.75, 3.05) is 0 Å². The molecule has 0 amide bonds. The second kappa shape index (κ2) is 17.9. The molecule has 14 nitrogen and oxygen atoms in total. The van der Waals surface area contributed by atoms with Gasteiger partial charge in [0, 0.05) is 6.42 Å². The van der Waals surface area contributed by atoms with Crippen LogP contribution in [0, 0.1) is 0 Å². The van der Waals surface area contributed by atoms with E-state index in [1.54, 1.807) is 13.8 Å². The Balaban J connectivity index is -0.000000339. The summed E-state index contributed by atoms with van der Waals surface area (Å²) in [4.78, 5) is 60.0. The van der Waals surface area contributed by atoms with Crippen LogP contribution in [0.25, 0.3) is 0 Å². The molecule has 12 N–H and O–H groups in total. The summed E-state index contributed by atoms with van der Waals surface area (Å²) in [6.45, 7) is 3.47. The van der Waals surface area contributed by atoms with Gasteiger partial charge in [0.1, 0.15) is 23.9 Å². The van der Waals surface area contributed by atoms with E-state index in [1.165, 1.54) is 0 Å². The lowest BCUT2D eigenvalue weighted by atomic mass is 10.2. The molecule has 1 aliphatic carbocycles. The molecular weight excluding hydrogens is 420 g/mol. The molecule has 0 aromatic rings. The molecule has 0 radical (unpaired) electrons. The Labute approximate surface area is 178 Å². The van der Waals surface area contributed by atoms with Crippen molar-refractivity contribution in [1.29, 1.82) is 0 Å². The van der Waals surface area contributed by atoms with Crippen molar-refractivity contribution in [3.8, 4) is 0 Å². The Morgan fingerprint density at radius 1 is 0.839 bits per heavy atom. The van der Waals surface area contributed by atoms with Gasteiger partial charge >= 0.3 is 23.9 Å². The van der Waals surface area contributed by atoms with Gasteiger partial charge in [0.25, 0.3) is 0 Å². The molecule has 0 aliphatic heterocycles. The number of ketones is 2. The summed E-state index contributed by atoms with van der Waals surface area (Å²) in [5, 5.41) is 32.1. The van der Waals surface area contributed by atoms with Crippen LogP contribution in [0.1, 0.15) is 46.0 Å². The second-order valence-electron chi connectivity index (χ2n) is 6.24. The first-order chi connectivity index (χ1) is 14.1. The highest BCUT2D eigenvalue weighted by molar-refractivity contribution is 6.08. The maximum atomic E-state index is 10.4. The molecule has 0 heterocycles. The monoisotopic (exact) mass is 452 g/mol. The fraction of sp³-hybridized carbons (Fsp3) is 0.647. The Morgan fingerprint density at radius 2 is 1.19 bits per heavy atom. The topological polar surface area (TPSA) is 287 Å². The molecule has 0 aromatic carbocycles. The van der Waals surface area contributed by atoms with Crippen molar-refractivity contribution in [1.82, 2.24) is 0 Å². The number of hydrogen-bond donors (Lipinski definition) is 8. The van der Waals surface area contributed by atoms with E-state index in [9.17, 15) is 28.8 Å². The number of hydrogen-bond acceptors (Lipinski definition) is 10. The first-order valence-electron chi connectivity index (χ1n) is 9.07. The number of Topliss-reactive ketones (excluding diaryl/α,β-unsaturated/α-hetero) is 2. The van der Waals surface area contributed by atoms with Crippen molar-refractivity contribution in [3.05, 3.63) is 0 Å². The zero-order valence-corrected chi connectivity index (χ0v) is 17.4. The number of carbonyl (C=O) groups excluding carboxylic acids is 2. The molecule has 4 unspecified atom stereocenters. The Bertz CT molecular complexity index is 606. The minimum absolute atomic E-state index is 0.0255. The van der Waals surface area contributed by atoms with Crippen LogP contribution in [-0.4, -0.2) is 80.0 Å². The molecule has 0 saturated heterocycles. The normalized spacial score (nSPS) is 17.3. The maximum absolute atomic E-state index is 10.4. The SMILES string of the molecule is CCC(N)C(=O)O.CCC(N)C(=O)O.NC(CC(=O)O)C(=O)O.NC1CC(=O)CC1=O. The average molecular weight is 452 g/mol. The van der Waals surface area contributed by atoms with E-state index in [1.807, 2.05) is 0 Å². The van der Waals surface area contributed by atoms with Gasteiger partial charge in [0.2, 0.25) is 0 Å². The third-order valence-corrected chi connectivity index (χ3v) is 3.46. The highest BCUT2D eigenvalue weighted by atomic mass is 16.4. The fourth-order valence-electron chi connectivity index (χ4n) is 1.38. The summed E-state index contributed by atoms with van der Waals surface area (Å²) in [5.74, 6) is -4.50. The van der Waals surface area contributed by atoms with E-state index in [4.69, 9.17) is 43.4 Å². The van der Waals surface area contributed by atoms with E-state index in [0.717, 1.165) is 0 Å².